The minimum Gasteiger partial charge on any atom is -0.383 e. The fraction of sp³-hybridized carbons (Fsp3) is 0.400. The Morgan fingerprint density at radius 1 is 1.27 bits per heavy atom. The monoisotopic (exact) mass is 445 g/mol. The Morgan fingerprint density at radius 2 is 2.15 bits per heavy atom. The molecular formula is C25H27N5O3. The number of anilines is 1. The Balaban J connectivity index is 1.25. The average Bonchev–Trinajstić information content (AvgIpc) is 3.49. The van der Waals surface area contributed by atoms with Crippen LogP contribution < -0.4 is 11.1 Å². The maximum absolute atomic E-state index is 12.3. The molecule has 8 heteroatoms. The molecule has 1 amide bonds. The highest BCUT2D eigenvalue weighted by Crippen LogP contribution is 2.30. The van der Waals surface area contributed by atoms with Crippen molar-refractivity contribution in [2.45, 2.75) is 44.6 Å². The lowest BCUT2D eigenvalue weighted by atomic mass is 10.2. The highest BCUT2D eigenvalue weighted by molar-refractivity contribution is 5.94. The fourth-order valence-electron chi connectivity index (χ4n) is 4.06. The lowest BCUT2D eigenvalue weighted by molar-refractivity contribution is -0.163. The standard InChI is InChI=1S/C25H27N5O3/c26-23-22-19(10-9-18-14-20(18)29-25(31)17-6-2-1-3-7-17)15-30(24(22)28-16-27-23)11-13-33-21-8-4-5-12-32-21/h1-3,6-7,15-16,18,20-21H,4-5,8,11-14H2,(H,29,31)(H2,26,27,28). The lowest BCUT2D eigenvalue weighted by Crippen LogP contribution is -2.26. The summed E-state index contributed by atoms with van der Waals surface area (Å²) < 4.78 is 13.5. The minimum atomic E-state index is -0.127. The number of carbonyl (C=O) groups is 1. The van der Waals surface area contributed by atoms with Gasteiger partial charge in [-0.15, -0.1) is 0 Å². The van der Waals surface area contributed by atoms with E-state index in [1.807, 2.05) is 29.0 Å². The molecule has 3 N–H and O–H groups in total. The van der Waals surface area contributed by atoms with Gasteiger partial charge in [-0.2, -0.15) is 0 Å². The molecule has 170 valence electrons. The molecule has 33 heavy (non-hydrogen) atoms. The van der Waals surface area contributed by atoms with Gasteiger partial charge in [0.05, 0.1) is 17.6 Å². The Labute approximate surface area is 192 Å². The van der Waals surface area contributed by atoms with Crippen LogP contribution in [0, 0.1) is 17.8 Å². The molecule has 3 atom stereocenters. The van der Waals surface area contributed by atoms with Crippen molar-refractivity contribution in [2.75, 3.05) is 18.9 Å². The van der Waals surface area contributed by atoms with Crippen LogP contribution in [0.15, 0.2) is 42.9 Å². The zero-order valence-electron chi connectivity index (χ0n) is 18.4. The molecule has 2 fully saturated rings. The summed E-state index contributed by atoms with van der Waals surface area (Å²) >= 11 is 0. The molecule has 0 radical (unpaired) electrons. The molecule has 1 aliphatic heterocycles. The van der Waals surface area contributed by atoms with Gasteiger partial charge in [0.2, 0.25) is 0 Å². The summed E-state index contributed by atoms with van der Waals surface area (Å²) in [5.74, 6) is 6.98. The van der Waals surface area contributed by atoms with Crippen LogP contribution in [0.1, 0.15) is 41.6 Å². The Hall–Kier alpha value is -3.41. The van der Waals surface area contributed by atoms with Crippen molar-refractivity contribution < 1.29 is 14.3 Å². The molecule has 1 saturated carbocycles. The molecule has 8 nitrogen and oxygen atoms in total. The molecule has 1 aromatic carbocycles. The zero-order chi connectivity index (χ0) is 22.6. The third-order valence-electron chi connectivity index (χ3n) is 5.99. The van der Waals surface area contributed by atoms with E-state index < -0.39 is 0 Å². The van der Waals surface area contributed by atoms with Gasteiger partial charge in [-0.05, 0) is 37.8 Å². The summed E-state index contributed by atoms with van der Waals surface area (Å²) in [6.45, 7) is 1.89. The van der Waals surface area contributed by atoms with Crippen LogP contribution >= 0.6 is 0 Å². The number of amides is 1. The van der Waals surface area contributed by atoms with Crippen molar-refractivity contribution in [3.63, 3.8) is 0 Å². The number of hydrogen-bond acceptors (Lipinski definition) is 6. The molecule has 0 bridgehead atoms. The molecule has 1 aliphatic carbocycles. The SMILES string of the molecule is Nc1ncnc2c1c(C#CC1CC1NC(=O)c1ccccc1)cn2CCOC1CCCCO1. The number of rotatable bonds is 6. The summed E-state index contributed by atoms with van der Waals surface area (Å²) in [5, 5.41) is 3.80. The van der Waals surface area contributed by atoms with Crippen molar-refractivity contribution >= 4 is 22.8 Å². The number of nitrogens with one attached hydrogen (secondary N) is 1. The van der Waals surface area contributed by atoms with E-state index in [1.165, 1.54) is 6.33 Å². The van der Waals surface area contributed by atoms with Crippen molar-refractivity contribution in [3.05, 3.63) is 54.0 Å². The molecule has 5 rings (SSSR count). The van der Waals surface area contributed by atoms with Crippen molar-refractivity contribution in [1.29, 1.82) is 0 Å². The first-order chi connectivity index (χ1) is 16.2. The molecule has 0 spiro atoms. The highest BCUT2D eigenvalue weighted by Gasteiger charge is 2.37. The Kier molecular flexibility index (Phi) is 6.24. The summed E-state index contributed by atoms with van der Waals surface area (Å²) in [7, 11) is 0. The van der Waals surface area contributed by atoms with E-state index in [2.05, 4.69) is 27.1 Å². The third kappa shape index (κ3) is 5.00. The molecule has 3 heterocycles. The van der Waals surface area contributed by atoms with Gasteiger partial charge >= 0.3 is 0 Å². The van der Waals surface area contributed by atoms with Gasteiger partial charge in [-0.1, -0.05) is 30.0 Å². The van der Waals surface area contributed by atoms with E-state index in [4.69, 9.17) is 15.2 Å². The Morgan fingerprint density at radius 3 is 2.97 bits per heavy atom. The first-order valence-electron chi connectivity index (χ1n) is 11.4. The number of benzene rings is 1. The topological polar surface area (TPSA) is 104 Å². The molecule has 2 aliphatic rings. The number of aromatic nitrogens is 3. The van der Waals surface area contributed by atoms with Gasteiger partial charge in [0.1, 0.15) is 17.8 Å². The summed E-state index contributed by atoms with van der Waals surface area (Å²) in [6.07, 6.45) is 7.29. The van der Waals surface area contributed by atoms with E-state index in [9.17, 15) is 4.79 Å². The maximum Gasteiger partial charge on any atom is 0.251 e. The summed E-state index contributed by atoms with van der Waals surface area (Å²) in [6, 6.07) is 9.28. The Bertz CT molecular complexity index is 1190. The lowest BCUT2D eigenvalue weighted by Gasteiger charge is -2.22. The second-order valence-corrected chi connectivity index (χ2v) is 8.42. The van der Waals surface area contributed by atoms with Crippen LogP contribution in [0.4, 0.5) is 5.82 Å². The van der Waals surface area contributed by atoms with Gasteiger partial charge in [0.15, 0.2) is 6.29 Å². The van der Waals surface area contributed by atoms with Gasteiger partial charge in [0, 0.05) is 36.9 Å². The maximum atomic E-state index is 12.3. The predicted molar refractivity (Wildman–Crippen MR) is 124 cm³/mol. The van der Waals surface area contributed by atoms with E-state index >= 15 is 0 Å². The van der Waals surface area contributed by atoms with E-state index in [0.717, 1.165) is 48.9 Å². The van der Waals surface area contributed by atoms with E-state index in [0.29, 0.717) is 24.5 Å². The van der Waals surface area contributed by atoms with Gasteiger partial charge in [-0.3, -0.25) is 4.79 Å². The first-order valence-corrected chi connectivity index (χ1v) is 11.4. The van der Waals surface area contributed by atoms with Crippen molar-refractivity contribution in [1.82, 2.24) is 19.9 Å². The van der Waals surface area contributed by atoms with Gasteiger partial charge in [0.25, 0.3) is 5.91 Å². The molecule has 1 saturated heterocycles. The molecule has 3 unspecified atom stereocenters. The number of ether oxygens (including phenoxy) is 2. The van der Waals surface area contributed by atoms with Gasteiger partial charge in [-0.25, -0.2) is 9.97 Å². The first kappa shape index (κ1) is 21.4. The minimum absolute atomic E-state index is 0.0658. The second kappa shape index (κ2) is 9.61. The van der Waals surface area contributed by atoms with Crippen molar-refractivity contribution in [2.24, 2.45) is 5.92 Å². The number of nitrogens with zero attached hydrogens (tertiary/aromatic N) is 3. The predicted octanol–water partition coefficient (Wildman–Crippen LogP) is 2.73. The smallest absolute Gasteiger partial charge is 0.251 e. The van der Waals surface area contributed by atoms with Crippen LogP contribution in [0.2, 0.25) is 0 Å². The molecular weight excluding hydrogens is 418 g/mol. The second-order valence-electron chi connectivity index (χ2n) is 8.42. The normalized spacial score (nSPS) is 21.9. The average molecular weight is 446 g/mol. The highest BCUT2D eigenvalue weighted by atomic mass is 16.7. The molecule has 3 aromatic rings. The number of carbonyl (C=O) groups excluding carboxylic acids is 1. The number of fused-ring (bicyclic) bond motifs is 1. The van der Waals surface area contributed by atoms with E-state index in [-0.39, 0.29) is 24.2 Å². The van der Waals surface area contributed by atoms with Gasteiger partial charge < -0.3 is 25.1 Å². The van der Waals surface area contributed by atoms with Crippen LogP contribution in [0.5, 0.6) is 0 Å². The van der Waals surface area contributed by atoms with Crippen LogP contribution in [0.25, 0.3) is 11.0 Å². The molecule has 2 aromatic heterocycles. The van der Waals surface area contributed by atoms with Crippen molar-refractivity contribution in [3.8, 4) is 11.8 Å². The number of nitrogens with two attached hydrogens (primary N) is 1. The quantitative estimate of drug-likeness (QED) is 0.566. The van der Waals surface area contributed by atoms with Crippen LogP contribution in [-0.2, 0) is 16.0 Å². The van der Waals surface area contributed by atoms with Crippen LogP contribution in [0.3, 0.4) is 0 Å². The number of hydrogen-bond donors (Lipinski definition) is 2. The zero-order valence-corrected chi connectivity index (χ0v) is 18.4. The van der Waals surface area contributed by atoms with Crippen LogP contribution in [-0.4, -0.2) is 46.0 Å². The fourth-order valence-corrected chi connectivity index (χ4v) is 4.06. The summed E-state index contributed by atoms with van der Waals surface area (Å²) in [4.78, 5) is 20.9. The van der Waals surface area contributed by atoms with E-state index in [1.54, 1.807) is 12.1 Å². The number of nitrogen functional groups attached to an aromatic ring is 1. The summed E-state index contributed by atoms with van der Waals surface area (Å²) in [5.41, 5.74) is 8.34. The third-order valence-corrected chi connectivity index (χ3v) is 5.99. The largest absolute Gasteiger partial charge is 0.383 e.